The average Bonchev–Trinajstić information content (AvgIpc) is 2.65. The number of hydrogen-bond donors (Lipinski definition) is 1. The first-order valence-electron chi connectivity index (χ1n) is 9.63. The standard InChI is InChI=1S/C26H28O/c1-6-20-9-13-22(14-10-20)26(21-11-7-18(4)8-12-21)24-16-23(17(2)3)25(27)15-19(24)5/h7-17,27H,4,6H2,1-3,5H3. The third kappa shape index (κ3) is 3.98. The van der Waals surface area contributed by atoms with Crippen molar-refractivity contribution in [3.8, 4) is 5.75 Å². The van der Waals surface area contributed by atoms with Crippen molar-refractivity contribution in [1.82, 2.24) is 0 Å². The number of hydrogen-bond acceptors (Lipinski definition) is 1. The largest absolute Gasteiger partial charge is 0.508 e. The fourth-order valence-corrected chi connectivity index (χ4v) is 3.50. The molecule has 0 aliphatic heterocycles. The summed E-state index contributed by atoms with van der Waals surface area (Å²) in [4.78, 5) is 0. The number of phenols is 1. The first kappa shape index (κ1) is 19.0. The second-order valence-corrected chi connectivity index (χ2v) is 7.50. The van der Waals surface area contributed by atoms with Crippen LogP contribution in [0, 0.1) is 6.92 Å². The molecule has 0 saturated heterocycles. The zero-order valence-electron chi connectivity index (χ0n) is 16.7. The highest BCUT2D eigenvalue weighted by atomic mass is 16.3. The summed E-state index contributed by atoms with van der Waals surface area (Å²) in [6.45, 7) is 12.5. The lowest BCUT2D eigenvalue weighted by molar-refractivity contribution is 0.464. The van der Waals surface area contributed by atoms with Gasteiger partial charge in [-0.25, -0.2) is 0 Å². The highest BCUT2D eigenvalue weighted by Gasteiger charge is 2.15. The van der Waals surface area contributed by atoms with Gasteiger partial charge < -0.3 is 5.11 Å². The minimum absolute atomic E-state index is 0.260. The summed E-state index contributed by atoms with van der Waals surface area (Å²) in [6.07, 6.45) is 1.03. The van der Waals surface area contributed by atoms with Gasteiger partial charge in [0.05, 0.1) is 0 Å². The maximum Gasteiger partial charge on any atom is 0.119 e. The number of aromatic hydroxyl groups is 1. The van der Waals surface area contributed by atoms with E-state index in [-0.39, 0.29) is 5.92 Å². The van der Waals surface area contributed by atoms with Gasteiger partial charge in [-0.05, 0) is 75.2 Å². The predicted molar refractivity (Wildman–Crippen MR) is 116 cm³/mol. The summed E-state index contributed by atoms with van der Waals surface area (Å²) in [7, 11) is 0. The molecule has 3 aromatic carbocycles. The molecular weight excluding hydrogens is 328 g/mol. The molecule has 27 heavy (non-hydrogen) atoms. The second-order valence-electron chi connectivity index (χ2n) is 7.50. The van der Waals surface area contributed by atoms with E-state index in [0.29, 0.717) is 5.75 Å². The summed E-state index contributed by atoms with van der Waals surface area (Å²) >= 11 is 0. The molecule has 0 atom stereocenters. The second kappa shape index (κ2) is 7.84. The molecule has 0 radical (unpaired) electrons. The predicted octanol–water partition coefficient (Wildman–Crippen LogP) is 5.04. The van der Waals surface area contributed by atoms with Crippen LogP contribution in [0.1, 0.15) is 54.5 Å². The third-order valence-corrected chi connectivity index (χ3v) is 5.16. The van der Waals surface area contributed by atoms with E-state index in [1.165, 1.54) is 16.7 Å². The van der Waals surface area contributed by atoms with Gasteiger partial charge in [-0.2, -0.15) is 0 Å². The summed E-state index contributed by atoms with van der Waals surface area (Å²) < 4.78 is 0. The molecular formula is C26H28O. The van der Waals surface area contributed by atoms with Crippen LogP contribution in [0.15, 0.2) is 60.7 Å². The van der Waals surface area contributed by atoms with Crippen LogP contribution in [0.25, 0.3) is 12.2 Å². The van der Waals surface area contributed by atoms with Crippen LogP contribution in [-0.4, -0.2) is 5.11 Å². The zero-order chi connectivity index (χ0) is 19.6. The monoisotopic (exact) mass is 356 g/mol. The quantitative estimate of drug-likeness (QED) is 0.694. The first-order valence-corrected chi connectivity index (χ1v) is 9.63. The molecule has 0 bridgehead atoms. The minimum Gasteiger partial charge on any atom is -0.508 e. The van der Waals surface area contributed by atoms with Gasteiger partial charge in [0.2, 0.25) is 0 Å². The summed E-state index contributed by atoms with van der Waals surface area (Å²) in [6, 6.07) is 21.2. The summed E-state index contributed by atoms with van der Waals surface area (Å²) in [5, 5.41) is 12.6. The van der Waals surface area contributed by atoms with Crippen LogP contribution in [-0.2, 0) is 6.42 Å². The molecule has 0 saturated carbocycles. The lowest BCUT2D eigenvalue weighted by Crippen LogP contribution is -2.12. The SMILES string of the molecule is C=c1ccc(=C(c2ccc(CC)cc2)c2cc(C(C)C)c(O)cc2C)cc1. The first-order chi connectivity index (χ1) is 12.9. The smallest absolute Gasteiger partial charge is 0.119 e. The van der Waals surface area contributed by atoms with Gasteiger partial charge in [0.15, 0.2) is 0 Å². The molecule has 0 spiro atoms. The van der Waals surface area contributed by atoms with Crippen molar-refractivity contribution in [2.75, 3.05) is 0 Å². The number of phenolic OH excluding ortho intramolecular Hbond substituents is 1. The van der Waals surface area contributed by atoms with E-state index in [2.05, 4.69) is 88.9 Å². The number of aryl methyl sites for hydroxylation is 2. The van der Waals surface area contributed by atoms with Gasteiger partial charge in [-0.3, -0.25) is 0 Å². The summed E-state index contributed by atoms with van der Waals surface area (Å²) in [5.74, 6) is 0.635. The average molecular weight is 357 g/mol. The van der Waals surface area contributed by atoms with Gasteiger partial charge in [0.25, 0.3) is 0 Å². The van der Waals surface area contributed by atoms with Gasteiger partial charge in [-0.1, -0.05) is 75.9 Å². The molecule has 3 rings (SSSR count). The minimum atomic E-state index is 0.260. The van der Waals surface area contributed by atoms with E-state index in [4.69, 9.17) is 0 Å². The van der Waals surface area contributed by atoms with E-state index in [0.717, 1.165) is 33.5 Å². The Bertz CT molecular complexity index is 1030. The Hall–Kier alpha value is -2.80. The molecule has 0 aliphatic rings. The van der Waals surface area contributed by atoms with Crippen molar-refractivity contribution in [1.29, 1.82) is 0 Å². The lowest BCUT2D eigenvalue weighted by Gasteiger charge is -2.17. The molecule has 138 valence electrons. The van der Waals surface area contributed by atoms with Crippen molar-refractivity contribution in [2.24, 2.45) is 0 Å². The van der Waals surface area contributed by atoms with E-state index < -0.39 is 0 Å². The van der Waals surface area contributed by atoms with Crippen LogP contribution in [0.4, 0.5) is 0 Å². The van der Waals surface area contributed by atoms with Gasteiger partial charge >= 0.3 is 0 Å². The Morgan fingerprint density at radius 1 is 0.963 bits per heavy atom. The zero-order valence-corrected chi connectivity index (χ0v) is 16.7. The molecule has 0 unspecified atom stereocenters. The molecule has 0 aliphatic carbocycles. The maximum absolute atomic E-state index is 10.4. The van der Waals surface area contributed by atoms with Gasteiger partial charge in [0, 0.05) is 0 Å². The Labute approximate surface area is 162 Å². The van der Waals surface area contributed by atoms with Crippen molar-refractivity contribution < 1.29 is 5.11 Å². The van der Waals surface area contributed by atoms with Crippen LogP contribution in [0.5, 0.6) is 5.75 Å². The lowest BCUT2D eigenvalue weighted by atomic mass is 9.88. The molecule has 3 aromatic rings. The highest BCUT2D eigenvalue weighted by Crippen LogP contribution is 2.33. The van der Waals surface area contributed by atoms with E-state index in [1.54, 1.807) is 0 Å². The van der Waals surface area contributed by atoms with E-state index >= 15 is 0 Å². The Morgan fingerprint density at radius 2 is 1.59 bits per heavy atom. The van der Waals surface area contributed by atoms with Crippen LogP contribution < -0.4 is 10.4 Å². The van der Waals surface area contributed by atoms with Gasteiger partial charge in [-0.15, -0.1) is 0 Å². The van der Waals surface area contributed by atoms with E-state index in [9.17, 15) is 5.11 Å². The highest BCUT2D eigenvalue weighted by molar-refractivity contribution is 5.82. The fraction of sp³-hybridized carbons (Fsp3) is 0.231. The van der Waals surface area contributed by atoms with Gasteiger partial charge in [0.1, 0.15) is 5.75 Å². The van der Waals surface area contributed by atoms with Crippen molar-refractivity contribution >= 4 is 12.2 Å². The number of rotatable bonds is 4. The molecule has 0 aromatic heterocycles. The van der Waals surface area contributed by atoms with Crippen LogP contribution in [0.3, 0.4) is 0 Å². The molecule has 1 heteroatoms. The Morgan fingerprint density at radius 3 is 2.15 bits per heavy atom. The van der Waals surface area contributed by atoms with Crippen LogP contribution >= 0.6 is 0 Å². The Balaban J connectivity index is 2.35. The molecule has 1 N–H and O–H groups in total. The third-order valence-electron chi connectivity index (χ3n) is 5.16. The summed E-state index contributed by atoms with van der Waals surface area (Å²) in [5.41, 5.74) is 6.93. The molecule has 0 fully saturated rings. The fourth-order valence-electron chi connectivity index (χ4n) is 3.50. The Kier molecular flexibility index (Phi) is 5.51. The molecule has 0 heterocycles. The normalized spacial score (nSPS) is 11.0. The van der Waals surface area contributed by atoms with E-state index in [1.807, 2.05) is 6.07 Å². The van der Waals surface area contributed by atoms with Crippen molar-refractivity contribution in [2.45, 2.75) is 40.0 Å². The van der Waals surface area contributed by atoms with Crippen molar-refractivity contribution in [3.05, 3.63) is 98.9 Å². The molecule has 1 nitrogen and oxygen atoms in total. The maximum atomic E-state index is 10.4. The number of benzene rings is 3. The topological polar surface area (TPSA) is 20.2 Å². The van der Waals surface area contributed by atoms with Crippen LogP contribution in [0.2, 0.25) is 0 Å². The van der Waals surface area contributed by atoms with Crippen molar-refractivity contribution in [3.63, 3.8) is 0 Å². The molecule has 0 amide bonds.